The summed E-state index contributed by atoms with van der Waals surface area (Å²) < 4.78 is 16.9. The molecule has 0 saturated heterocycles. The molecule has 0 aliphatic rings. The molecule has 0 bridgehead atoms. The van der Waals surface area contributed by atoms with Crippen molar-refractivity contribution in [3.63, 3.8) is 0 Å². The van der Waals surface area contributed by atoms with Crippen molar-refractivity contribution < 1.29 is 18.7 Å². The van der Waals surface area contributed by atoms with E-state index in [0.29, 0.717) is 13.2 Å². The van der Waals surface area contributed by atoms with E-state index >= 15 is 0 Å². The zero-order chi connectivity index (χ0) is 17.8. The van der Waals surface area contributed by atoms with Gasteiger partial charge in [-0.3, -0.25) is 0 Å². The Bertz CT molecular complexity index is 358. The minimum absolute atomic E-state index is 0.134. The zero-order valence-corrected chi connectivity index (χ0v) is 17.1. The van der Waals surface area contributed by atoms with Crippen LogP contribution in [0.2, 0.25) is 18.1 Å². The van der Waals surface area contributed by atoms with Crippen LogP contribution in [0.15, 0.2) is 0 Å². The van der Waals surface area contributed by atoms with Crippen LogP contribution in [0.3, 0.4) is 0 Å². The van der Waals surface area contributed by atoms with Gasteiger partial charge in [-0.2, -0.15) is 0 Å². The highest BCUT2D eigenvalue weighted by Gasteiger charge is 2.38. The van der Waals surface area contributed by atoms with Crippen molar-refractivity contribution in [2.75, 3.05) is 27.4 Å². The van der Waals surface area contributed by atoms with Gasteiger partial charge >= 0.3 is 6.09 Å². The number of hydrogen-bond donors (Lipinski definition) is 0. The number of carbonyl (C=O) groups is 1. The van der Waals surface area contributed by atoms with E-state index in [1.807, 2.05) is 20.8 Å². The quantitative estimate of drug-likeness (QED) is 0.692. The standard InChI is InChI=1S/C16H35NO4Si/c1-15(2,3)21-14(18)17(7)13(11-19-8)12-20-22(9,10)16(4,5)6/h13H,11-12H2,1-10H3/t13-/m0/s1. The molecule has 0 aliphatic heterocycles. The van der Waals surface area contributed by atoms with Crippen molar-refractivity contribution in [2.24, 2.45) is 0 Å². The molecule has 6 heteroatoms. The van der Waals surface area contributed by atoms with Crippen LogP contribution in [-0.4, -0.2) is 58.3 Å². The Morgan fingerprint density at radius 2 is 1.59 bits per heavy atom. The van der Waals surface area contributed by atoms with Gasteiger partial charge in [0.05, 0.1) is 19.3 Å². The maximum absolute atomic E-state index is 12.2. The van der Waals surface area contributed by atoms with E-state index in [1.54, 1.807) is 19.1 Å². The number of ether oxygens (including phenoxy) is 2. The van der Waals surface area contributed by atoms with Gasteiger partial charge in [0, 0.05) is 14.2 Å². The lowest BCUT2D eigenvalue weighted by molar-refractivity contribution is 0.00489. The summed E-state index contributed by atoms with van der Waals surface area (Å²) in [4.78, 5) is 13.8. The zero-order valence-electron chi connectivity index (χ0n) is 16.1. The topological polar surface area (TPSA) is 48.0 Å². The molecule has 132 valence electrons. The summed E-state index contributed by atoms with van der Waals surface area (Å²) in [5.41, 5.74) is -0.511. The molecule has 22 heavy (non-hydrogen) atoms. The van der Waals surface area contributed by atoms with E-state index < -0.39 is 13.9 Å². The summed E-state index contributed by atoms with van der Waals surface area (Å²) in [6.07, 6.45) is -0.353. The minimum Gasteiger partial charge on any atom is -0.444 e. The molecule has 5 nitrogen and oxygen atoms in total. The van der Waals surface area contributed by atoms with Gasteiger partial charge < -0.3 is 18.8 Å². The van der Waals surface area contributed by atoms with E-state index in [1.165, 1.54) is 0 Å². The first-order chi connectivity index (χ1) is 9.71. The average molecular weight is 334 g/mol. The lowest BCUT2D eigenvalue weighted by Crippen LogP contribution is -2.49. The number of methoxy groups -OCH3 is 1. The van der Waals surface area contributed by atoms with E-state index in [2.05, 4.69) is 33.9 Å². The summed E-state index contributed by atoms with van der Waals surface area (Å²) in [6.45, 7) is 17.4. The maximum atomic E-state index is 12.2. The largest absolute Gasteiger partial charge is 0.444 e. The minimum atomic E-state index is -1.86. The fourth-order valence-electron chi connectivity index (χ4n) is 1.47. The van der Waals surface area contributed by atoms with Gasteiger partial charge in [0.25, 0.3) is 0 Å². The second kappa shape index (κ2) is 7.79. The van der Waals surface area contributed by atoms with Crippen LogP contribution in [0.25, 0.3) is 0 Å². The lowest BCUT2D eigenvalue weighted by Gasteiger charge is -2.38. The van der Waals surface area contributed by atoms with Gasteiger partial charge in [0.2, 0.25) is 0 Å². The van der Waals surface area contributed by atoms with Crippen molar-refractivity contribution in [1.82, 2.24) is 4.90 Å². The predicted molar refractivity (Wildman–Crippen MR) is 92.8 cm³/mol. The SMILES string of the molecule is COC[C@@H](CO[Si](C)(C)C(C)(C)C)N(C)C(=O)OC(C)(C)C. The Morgan fingerprint density at radius 3 is 1.95 bits per heavy atom. The smallest absolute Gasteiger partial charge is 0.410 e. The number of hydrogen-bond acceptors (Lipinski definition) is 4. The number of amides is 1. The highest BCUT2D eigenvalue weighted by atomic mass is 28.4. The van der Waals surface area contributed by atoms with Gasteiger partial charge in [-0.15, -0.1) is 0 Å². The molecule has 0 rings (SSSR count). The summed E-state index contributed by atoms with van der Waals surface area (Å²) in [5, 5.41) is 0.134. The Labute approximate surface area is 137 Å². The van der Waals surface area contributed by atoms with E-state index in [9.17, 15) is 4.79 Å². The van der Waals surface area contributed by atoms with Gasteiger partial charge in [0.15, 0.2) is 8.32 Å². The van der Waals surface area contributed by atoms with Gasteiger partial charge in [-0.05, 0) is 38.9 Å². The molecule has 0 unspecified atom stereocenters. The third kappa shape index (κ3) is 7.11. The number of carbonyl (C=O) groups excluding carboxylic acids is 1. The molecule has 0 aromatic rings. The molecule has 0 spiro atoms. The number of rotatable bonds is 6. The molecule has 0 N–H and O–H groups in total. The summed E-state index contributed by atoms with van der Waals surface area (Å²) >= 11 is 0. The van der Waals surface area contributed by atoms with Crippen LogP contribution in [0.5, 0.6) is 0 Å². The summed E-state index contributed by atoms with van der Waals surface area (Å²) in [6, 6.07) is -0.158. The Kier molecular flexibility index (Phi) is 7.58. The normalized spacial score (nSPS) is 14.6. The fourth-order valence-corrected chi connectivity index (χ4v) is 2.51. The van der Waals surface area contributed by atoms with Crippen LogP contribution in [0, 0.1) is 0 Å². The van der Waals surface area contributed by atoms with Crippen LogP contribution in [0.1, 0.15) is 41.5 Å². The lowest BCUT2D eigenvalue weighted by atomic mass is 10.2. The average Bonchev–Trinajstić information content (AvgIpc) is 2.30. The Hall–Kier alpha value is -0.593. The third-order valence-corrected chi connectivity index (χ3v) is 8.53. The van der Waals surface area contributed by atoms with Crippen molar-refractivity contribution in [2.45, 2.75) is 71.3 Å². The fraction of sp³-hybridized carbons (Fsp3) is 0.938. The molecule has 1 atom stereocenters. The third-order valence-electron chi connectivity index (χ3n) is 4.03. The summed E-state index contributed by atoms with van der Waals surface area (Å²) in [5.74, 6) is 0. The molecular formula is C16H35NO4Si. The molecule has 1 amide bonds. The number of nitrogens with zero attached hydrogens (tertiary/aromatic N) is 1. The number of likely N-dealkylation sites (N-methyl/N-ethyl adjacent to an activating group) is 1. The molecule has 0 saturated carbocycles. The van der Waals surface area contributed by atoms with E-state index in [4.69, 9.17) is 13.9 Å². The second-order valence-corrected chi connectivity index (χ2v) is 13.1. The van der Waals surface area contributed by atoms with Crippen molar-refractivity contribution in [3.8, 4) is 0 Å². The maximum Gasteiger partial charge on any atom is 0.410 e. The molecule has 0 fully saturated rings. The molecular weight excluding hydrogens is 298 g/mol. The van der Waals surface area contributed by atoms with Crippen LogP contribution in [0.4, 0.5) is 4.79 Å². The first kappa shape index (κ1) is 21.4. The molecule has 0 heterocycles. The first-order valence-electron chi connectivity index (χ1n) is 7.80. The monoisotopic (exact) mass is 333 g/mol. The molecule has 0 aliphatic carbocycles. The molecule has 0 aromatic carbocycles. The Morgan fingerprint density at radius 1 is 1.09 bits per heavy atom. The molecule has 0 radical (unpaired) electrons. The predicted octanol–water partition coefficient (Wildman–Crippen LogP) is 3.89. The van der Waals surface area contributed by atoms with Gasteiger partial charge in [0.1, 0.15) is 5.60 Å². The van der Waals surface area contributed by atoms with Gasteiger partial charge in [-0.25, -0.2) is 4.79 Å². The first-order valence-corrected chi connectivity index (χ1v) is 10.7. The van der Waals surface area contributed by atoms with Gasteiger partial charge in [-0.1, -0.05) is 20.8 Å². The highest BCUT2D eigenvalue weighted by Crippen LogP contribution is 2.36. The van der Waals surface area contributed by atoms with E-state index in [-0.39, 0.29) is 17.2 Å². The second-order valence-electron chi connectivity index (χ2n) is 8.27. The van der Waals surface area contributed by atoms with E-state index in [0.717, 1.165) is 0 Å². The van der Waals surface area contributed by atoms with Crippen molar-refractivity contribution >= 4 is 14.4 Å². The van der Waals surface area contributed by atoms with Crippen molar-refractivity contribution in [1.29, 1.82) is 0 Å². The molecule has 0 aromatic heterocycles. The Balaban J connectivity index is 4.83. The van der Waals surface area contributed by atoms with Crippen LogP contribution in [-0.2, 0) is 13.9 Å². The van der Waals surface area contributed by atoms with Crippen molar-refractivity contribution in [3.05, 3.63) is 0 Å². The van der Waals surface area contributed by atoms with Crippen LogP contribution >= 0.6 is 0 Å². The summed E-state index contributed by atoms with van der Waals surface area (Å²) in [7, 11) is 1.50. The van der Waals surface area contributed by atoms with Crippen LogP contribution < -0.4 is 0 Å². The highest BCUT2D eigenvalue weighted by molar-refractivity contribution is 6.74.